The number of carboxylic acid groups (broad SMARTS) is 1. The molecule has 1 heterocycles. The summed E-state index contributed by atoms with van der Waals surface area (Å²) < 4.78 is 0. The van der Waals surface area contributed by atoms with Gasteiger partial charge in [0, 0.05) is 19.5 Å². The van der Waals surface area contributed by atoms with E-state index in [1.165, 1.54) is 5.56 Å². The van der Waals surface area contributed by atoms with E-state index in [1.54, 1.807) is 4.90 Å². The average Bonchev–Trinajstić information content (AvgIpc) is 2.72. The molecule has 0 saturated carbocycles. The van der Waals surface area contributed by atoms with Crippen LogP contribution in [0.1, 0.15) is 24.8 Å². The number of carbonyl (C=O) groups excluding carboxylic acids is 1. The minimum atomic E-state index is -0.877. The number of nitrogens with zero attached hydrogens (tertiary/aromatic N) is 1. The molecule has 2 atom stereocenters. The fourth-order valence-corrected chi connectivity index (χ4v) is 2.33. The average molecular weight is 247 g/mol. The van der Waals surface area contributed by atoms with Gasteiger partial charge in [0.2, 0.25) is 5.91 Å². The normalized spacial score (nSPS) is 21.1. The Morgan fingerprint density at radius 3 is 2.67 bits per heavy atom. The largest absolute Gasteiger partial charge is 0.481 e. The van der Waals surface area contributed by atoms with Crippen LogP contribution in [-0.4, -0.2) is 35.0 Å². The van der Waals surface area contributed by atoms with E-state index in [-0.39, 0.29) is 18.2 Å². The number of amides is 1. The van der Waals surface area contributed by atoms with Crippen molar-refractivity contribution >= 4 is 11.9 Å². The molecule has 1 saturated heterocycles. The Labute approximate surface area is 106 Å². The quantitative estimate of drug-likeness (QED) is 0.881. The number of hydrogen-bond acceptors (Lipinski definition) is 2. The fourth-order valence-electron chi connectivity index (χ4n) is 2.33. The van der Waals surface area contributed by atoms with E-state index in [0.29, 0.717) is 13.1 Å². The molecule has 0 bridgehead atoms. The van der Waals surface area contributed by atoms with Gasteiger partial charge in [0.15, 0.2) is 0 Å². The number of carbonyl (C=O) groups is 2. The molecule has 18 heavy (non-hydrogen) atoms. The Morgan fingerprint density at radius 1 is 1.44 bits per heavy atom. The number of rotatable bonds is 4. The van der Waals surface area contributed by atoms with E-state index in [4.69, 9.17) is 5.11 Å². The molecule has 1 fully saturated rings. The molecule has 1 aromatic carbocycles. The van der Waals surface area contributed by atoms with Crippen LogP contribution >= 0.6 is 0 Å². The van der Waals surface area contributed by atoms with Gasteiger partial charge in [0.05, 0.1) is 5.92 Å². The zero-order chi connectivity index (χ0) is 13.1. The van der Waals surface area contributed by atoms with Gasteiger partial charge >= 0.3 is 5.97 Å². The minimum absolute atomic E-state index is 0.0508. The summed E-state index contributed by atoms with van der Waals surface area (Å²) in [5.74, 6) is -1.24. The fraction of sp³-hybridized carbons (Fsp3) is 0.429. The number of hydrogen-bond donors (Lipinski definition) is 1. The lowest BCUT2D eigenvalue weighted by atomic mass is 10.0. The first kappa shape index (κ1) is 12.6. The Kier molecular flexibility index (Phi) is 3.65. The van der Waals surface area contributed by atoms with Crippen LogP contribution in [-0.2, 0) is 9.59 Å². The van der Waals surface area contributed by atoms with Gasteiger partial charge in [0.25, 0.3) is 0 Å². The SMILES string of the molecule is CC(CN1CC(C(=O)O)CC1=O)c1ccccc1. The van der Waals surface area contributed by atoms with Crippen molar-refractivity contribution in [3.05, 3.63) is 35.9 Å². The third-order valence-electron chi connectivity index (χ3n) is 3.43. The maximum absolute atomic E-state index is 11.7. The third kappa shape index (κ3) is 2.70. The zero-order valence-corrected chi connectivity index (χ0v) is 10.4. The molecule has 1 aromatic rings. The molecule has 2 rings (SSSR count). The number of benzene rings is 1. The Bertz CT molecular complexity index is 444. The summed E-state index contributed by atoms with van der Waals surface area (Å²) in [7, 11) is 0. The van der Waals surface area contributed by atoms with Gasteiger partial charge in [-0.25, -0.2) is 0 Å². The van der Waals surface area contributed by atoms with Crippen molar-refractivity contribution in [2.24, 2.45) is 5.92 Å². The molecule has 0 aromatic heterocycles. The van der Waals surface area contributed by atoms with E-state index < -0.39 is 11.9 Å². The summed E-state index contributed by atoms with van der Waals surface area (Å²) in [5.41, 5.74) is 1.17. The Morgan fingerprint density at radius 2 is 2.11 bits per heavy atom. The van der Waals surface area contributed by atoms with E-state index >= 15 is 0 Å². The van der Waals surface area contributed by atoms with E-state index in [1.807, 2.05) is 30.3 Å². The van der Waals surface area contributed by atoms with Gasteiger partial charge in [-0.1, -0.05) is 37.3 Å². The zero-order valence-electron chi connectivity index (χ0n) is 10.4. The first-order valence-corrected chi connectivity index (χ1v) is 6.13. The molecule has 1 aliphatic heterocycles. The van der Waals surface area contributed by atoms with Crippen LogP contribution in [0.3, 0.4) is 0 Å². The first-order valence-electron chi connectivity index (χ1n) is 6.13. The number of carboxylic acids is 1. The molecule has 1 aliphatic rings. The predicted octanol–water partition coefficient (Wildman–Crippen LogP) is 1.72. The lowest BCUT2D eigenvalue weighted by Gasteiger charge is -2.21. The van der Waals surface area contributed by atoms with E-state index in [0.717, 1.165) is 0 Å². The highest BCUT2D eigenvalue weighted by Crippen LogP contribution is 2.22. The van der Waals surface area contributed by atoms with Crippen molar-refractivity contribution in [2.75, 3.05) is 13.1 Å². The lowest BCUT2D eigenvalue weighted by molar-refractivity contribution is -0.141. The van der Waals surface area contributed by atoms with Crippen LogP contribution in [0.4, 0.5) is 0 Å². The molecule has 0 radical (unpaired) electrons. The topological polar surface area (TPSA) is 57.6 Å². The van der Waals surface area contributed by atoms with Gasteiger partial charge in [0.1, 0.15) is 0 Å². The van der Waals surface area contributed by atoms with Crippen molar-refractivity contribution in [1.29, 1.82) is 0 Å². The van der Waals surface area contributed by atoms with Crippen LogP contribution in [0, 0.1) is 5.92 Å². The van der Waals surface area contributed by atoms with E-state index in [9.17, 15) is 9.59 Å². The number of aliphatic carboxylic acids is 1. The van der Waals surface area contributed by atoms with E-state index in [2.05, 4.69) is 6.92 Å². The van der Waals surface area contributed by atoms with Crippen molar-refractivity contribution in [2.45, 2.75) is 19.3 Å². The highest BCUT2D eigenvalue weighted by molar-refractivity contribution is 5.86. The molecule has 4 heteroatoms. The summed E-state index contributed by atoms with van der Waals surface area (Å²) in [4.78, 5) is 24.3. The second-order valence-electron chi connectivity index (χ2n) is 4.85. The van der Waals surface area contributed by atoms with Crippen molar-refractivity contribution in [3.8, 4) is 0 Å². The van der Waals surface area contributed by atoms with Gasteiger partial charge in [-0.15, -0.1) is 0 Å². The molecule has 2 unspecified atom stereocenters. The van der Waals surface area contributed by atoms with Crippen molar-refractivity contribution in [3.63, 3.8) is 0 Å². The van der Waals surface area contributed by atoms with Crippen molar-refractivity contribution in [1.82, 2.24) is 4.90 Å². The van der Waals surface area contributed by atoms with Crippen LogP contribution in [0.25, 0.3) is 0 Å². The smallest absolute Gasteiger partial charge is 0.308 e. The monoisotopic (exact) mass is 247 g/mol. The van der Waals surface area contributed by atoms with Crippen LogP contribution in [0.15, 0.2) is 30.3 Å². The third-order valence-corrected chi connectivity index (χ3v) is 3.43. The lowest BCUT2D eigenvalue weighted by Crippen LogP contribution is -2.30. The Balaban J connectivity index is 1.98. The predicted molar refractivity (Wildman–Crippen MR) is 67.2 cm³/mol. The minimum Gasteiger partial charge on any atom is -0.481 e. The highest BCUT2D eigenvalue weighted by Gasteiger charge is 2.34. The van der Waals surface area contributed by atoms with Crippen molar-refractivity contribution < 1.29 is 14.7 Å². The van der Waals surface area contributed by atoms with Gasteiger partial charge in [-0.05, 0) is 11.5 Å². The summed E-state index contributed by atoms with van der Waals surface area (Å²) in [6.45, 7) is 2.98. The maximum Gasteiger partial charge on any atom is 0.308 e. The second kappa shape index (κ2) is 5.21. The van der Waals surface area contributed by atoms with Gasteiger partial charge in [-0.3, -0.25) is 9.59 Å². The summed E-state index contributed by atoms with van der Waals surface area (Å²) >= 11 is 0. The summed E-state index contributed by atoms with van der Waals surface area (Å²) in [6, 6.07) is 9.95. The van der Waals surface area contributed by atoms with Gasteiger partial charge < -0.3 is 10.0 Å². The first-order chi connectivity index (χ1) is 8.58. The molecule has 0 aliphatic carbocycles. The molecule has 4 nitrogen and oxygen atoms in total. The standard InChI is InChI=1S/C14H17NO3/c1-10(11-5-3-2-4-6-11)8-15-9-12(14(17)18)7-13(15)16/h2-6,10,12H,7-9H2,1H3,(H,17,18). The second-order valence-corrected chi connectivity index (χ2v) is 4.85. The number of likely N-dealkylation sites (tertiary alicyclic amines) is 1. The van der Waals surface area contributed by atoms with Gasteiger partial charge in [-0.2, -0.15) is 0 Å². The Hall–Kier alpha value is -1.84. The molecular formula is C14H17NO3. The summed E-state index contributed by atoms with van der Waals surface area (Å²) in [6.07, 6.45) is 0.136. The van der Waals surface area contributed by atoms with Crippen LogP contribution < -0.4 is 0 Å². The maximum atomic E-state index is 11.7. The molecule has 1 N–H and O–H groups in total. The molecular weight excluding hydrogens is 230 g/mol. The molecule has 0 spiro atoms. The molecule has 96 valence electrons. The summed E-state index contributed by atoms with van der Waals surface area (Å²) in [5, 5.41) is 8.92. The van der Waals surface area contributed by atoms with Crippen LogP contribution in [0.2, 0.25) is 0 Å². The highest BCUT2D eigenvalue weighted by atomic mass is 16.4. The van der Waals surface area contributed by atoms with Crippen LogP contribution in [0.5, 0.6) is 0 Å². The molecule has 1 amide bonds.